The summed E-state index contributed by atoms with van der Waals surface area (Å²) in [4.78, 5) is 13.7. The van der Waals surface area contributed by atoms with Crippen LogP contribution in [-0.2, 0) is 9.53 Å². The number of nitrogens with one attached hydrogen (secondary N) is 1. The number of hydrogen-bond acceptors (Lipinski definition) is 4. The fraction of sp³-hybridized carbons (Fsp3) is 0.800. The quantitative estimate of drug-likeness (QED) is 0.360. The molecule has 3 N–H and O–H groups in total. The van der Waals surface area contributed by atoms with Crippen LogP contribution in [0, 0.1) is 5.92 Å². The van der Waals surface area contributed by atoms with Gasteiger partial charge in [-0.1, -0.05) is 13.8 Å². The van der Waals surface area contributed by atoms with Crippen LogP contribution < -0.4 is 17.3 Å². The first-order chi connectivity index (χ1) is 9.37. The van der Waals surface area contributed by atoms with Gasteiger partial charge in [-0.2, -0.15) is 0 Å². The molecular formula is C15H26ClNO4. The second kappa shape index (κ2) is 7.09. The van der Waals surface area contributed by atoms with Gasteiger partial charge in [0.05, 0.1) is 19.2 Å². The van der Waals surface area contributed by atoms with E-state index in [-0.39, 0.29) is 19.0 Å². The Kier molecular flexibility index (Phi) is 6.23. The summed E-state index contributed by atoms with van der Waals surface area (Å²) < 4.78 is 5.29. The number of fused-ring (bicyclic) bond motifs is 1. The molecule has 0 aromatic rings. The minimum atomic E-state index is -1.83. The summed E-state index contributed by atoms with van der Waals surface area (Å²) in [5.41, 5.74) is -0.677. The summed E-state index contributed by atoms with van der Waals surface area (Å²) in [6.45, 7) is 7.23. The first kappa shape index (κ1) is 18.4. The Balaban J connectivity index is 0.00000220. The van der Waals surface area contributed by atoms with E-state index < -0.39 is 23.6 Å². The highest BCUT2D eigenvalue weighted by Gasteiger charge is 2.46. The first-order valence-corrected chi connectivity index (χ1v) is 7.48. The van der Waals surface area contributed by atoms with Crippen LogP contribution in [0.1, 0.15) is 33.6 Å². The van der Waals surface area contributed by atoms with Crippen molar-refractivity contribution in [1.82, 2.24) is 0 Å². The van der Waals surface area contributed by atoms with E-state index in [2.05, 4.69) is 6.08 Å². The smallest absolute Gasteiger partial charge is 0.341 e. The number of rotatable bonds is 5. The topological polar surface area (TPSA) is 71.2 Å². The summed E-state index contributed by atoms with van der Waals surface area (Å²) >= 11 is 0. The van der Waals surface area contributed by atoms with Gasteiger partial charge in [-0.3, -0.25) is 0 Å². The predicted octanol–water partition coefficient (Wildman–Crippen LogP) is -3.71. The largest absolute Gasteiger partial charge is 1.00 e. The van der Waals surface area contributed by atoms with Gasteiger partial charge in [0, 0.05) is 18.4 Å². The number of quaternary nitrogens is 1. The van der Waals surface area contributed by atoms with E-state index in [4.69, 9.17) is 4.74 Å². The molecule has 122 valence electrons. The molecule has 0 aliphatic carbocycles. The third-order valence-electron chi connectivity index (χ3n) is 4.77. The molecule has 1 saturated heterocycles. The van der Waals surface area contributed by atoms with Crippen LogP contribution in [0.4, 0.5) is 0 Å². The highest BCUT2D eigenvalue weighted by Crippen LogP contribution is 2.24. The fourth-order valence-electron chi connectivity index (χ4n) is 3.32. The summed E-state index contributed by atoms with van der Waals surface area (Å²) in [6.07, 6.45) is 3.35. The molecule has 0 bridgehead atoms. The molecule has 0 aromatic heterocycles. The van der Waals surface area contributed by atoms with Crippen molar-refractivity contribution >= 4 is 5.97 Å². The molecule has 0 radical (unpaired) electrons. The van der Waals surface area contributed by atoms with Crippen molar-refractivity contribution in [2.24, 2.45) is 5.92 Å². The van der Waals surface area contributed by atoms with Gasteiger partial charge in [-0.25, -0.2) is 4.79 Å². The van der Waals surface area contributed by atoms with Crippen LogP contribution in [0.15, 0.2) is 11.6 Å². The molecule has 4 unspecified atom stereocenters. The van der Waals surface area contributed by atoms with E-state index in [0.29, 0.717) is 6.04 Å². The third kappa shape index (κ3) is 3.42. The Morgan fingerprint density at radius 1 is 1.52 bits per heavy atom. The minimum Gasteiger partial charge on any atom is -1.00 e. The molecule has 2 aliphatic heterocycles. The number of carbonyl (C=O) groups excluding carboxylic acids is 1. The Bertz CT molecular complexity index is 400. The molecule has 2 heterocycles. The average molecular weight is 320 g/mol. The van der Waals surface area contributed by atoms with E-state index in [1.165, 1.54) is 19.9 Å². The van der Waals surface area contributed by atoms with E-state index in [9.17, 15) is 15.0 Å². The molecule has 21 heavy (non-hydrogen) atoms. The lowest BCUT2D eigenvalue weighted by Gasteiger charge is -2.32. The van der Waals surface area contributed by atoms with E-state index >= 15 is 0 Å². The number of carbonyl (C=O) groups is 1. The van der Waals surface area contributed by atoms with Gasteiger partial charge < -0.3 is 32.3 Å². The number of hydrogen-bond donors (Lipinski definition) is 3. The Labute approximate surface area is 132 Å². The van der Waals surface area contributed by atoms with Crippen molar-refractivity contribution in [3.05, 3.63) is 11.6 Å². The van der Waals surface area contributed by atoms with Gasteiger partial charge in [0.1, 0.15) is 12.6 Å². The van der Waals surface area contributed by atoms with Crippen LogP contribution in [-0.4, -0.2) is 53.6 Å². The monoisotopic (exact) mass is 319 g/mol. The zero-order valence-electron chi connectivity index (χ0n) is 12.9. The van der Waals surface area contributed by atoms with E-state index in [1.54, 1.807) is 18.7 Å². The Morgan fingerprint density at radius 3 is 2.76 bits per heavy atom. The van der Waals surface area contributed by atoms with Crippen molar-refractivity contribution in [3.63, 3.8) is 0 Å². The summed E-state index contributed by atoms with van der Waals surface area (Å²) in [7, 11) is 0. The van der Waals surface area contributed by atoms with Crippen LogP contribution >= 0.6 is 0 Å². The molecular weight excluding hydrogens is 294 g/mol. The molecule has 0 saturated carbocycles. The maximum atomic E-state index is 12.1. The molecule has 6 heteroatoms. The molecule has 2 rings (SSSR count). The van der Waals surface area contributed by atoms with Gasteiger partial charge >= 0.3 is 5.97 Å². The molecule has 4 atom stereocenters. The second-order valence-electron chi connectivity index (χ2n) is 6.32. The number of ether oxygens (including phenoxy) is 1. The van der Waals surface area contributed by atoms with Crippen molar-refractivity contribution in [2.45, 2.75) is 51.4 Å². The molecule has 0 spiro atoms. The molecule has 1 fully saturated rings. The number of esters is 1. The van der Waals surface area contributed by atoms with Gasteiger partial charge in [0.2, 0.25) is 0 Å². The highest BCUT2D eigenvalue weighted by molar-refractivity contribution is 5.80. The maximum Gasteiger partial charge on any atom is 0.341 e. The Hall–Kier alpha value is -0.620. The lowest BCUT2D eigenvalue weighted by molar-refractivity contribution is -0.895. The average Bonchev–Trinajstić information content (AvgIpc) is 2.97. The summed E-state index contributed by atoms with van der Waals surface area (Å²) in [5.74, 6) is -1.13. The van der Waals surface area contributed by atoms with E-state index in [0.717, 1.165) is 18.5 Å². The zero-order valence-corrected chi connectivity index (χ0v) is 13.7. The van der Waals surface area contributed by atoms with Crippen LogP contribution in [0.3, 0.4) is 0 Å². The van der Waals surface area contributed by atoms with E-state index in [1.807, 2.05) is 0 Å². The third-order valence-corrected chi connectivity index (χ3v) is 4.77. The number of aliphatic hydroxyl groups is 2. The number of halogens is 1. The van der Waals surface area contributed by atoms with Crippen molar-refractivity contribution in [1.29, 1.82) is 0 Å². The Morgan fingerprint density at radius 2 is 2.19 bits per heavy atom. The normalized spacial score (nSPS) is 28.4. The van der Waals surface area contributed by atoms with Crippen LogP contribution in [0.25, 0.3) is 0 Å². The zero-order chi connectivity index (χ0) is 14.9. The summed E-state index contributed by atoms with van der Waals surface area (Å²) in [6, 6.07) is 0.474. The van der Waals surface area contributed by atoms with Gasteiger partial charge in [0.15, 0.2) is 5.60 Å². The van der Waals surface area contributed by atoms with Crippen molar-refractivity contribution in [3.8, 4) is 0 Å². The lowest BCUT2D eigenvalue weighted by Crippen LogP contribution is -3.12. The van der Waals surface area contributed by atoms with Gasteiger partial charge in [0.25, 0.3) is 0 Å². The molecule has 2 aliphatic rings. The van der Waals surface area contributed by atoms with Gasteiger partial charge in [-0.05, 0) is 18.9 Å². The molecule has 0 amide bonds. The van der Waals surface area contributed by atoms with Crippen molar-refractivity contribution < 1.29 is 37.1 Å². The molecule has 0 aromatic carbocycles. The van der Waals surface area contributed by atoms with Crippen molar-refractivity contribution in [2.75, 3.05) is 19.7 Å². The highest BCUT2D eigenvalue weighted by atomic mass is 35.5. The minimum absolute atomic E-state index is 0. The molecule has 5 nitrogen and oxygen atoms in total. The van der Waals surface area contributed by atoms with Gasteiger partial charge in [-0.15, -0.1) is 0 Å². The number of aliphatic hydroxyl groups excluding tert-OH is 1. The van der Waals surface area contributed by atoms with Crippen LogP contribution in [0.5, 0.6) is 0 Å². The fourth-order valence-corrected chi connectivity index (χ4v) is 3.32. The SMILES string of the molecule is CC(C)C(O)(C(=O)OCC1=CC[NH+]2CCCC12)C(C)O.[Cl-]. The second-order valence-corrected chi connectivity index (χ2v) is 6.32. The first-order valence-electron chi connectivity index (χ1n) is 7.48. The predicted molar refractivity (Wildman–Crippen MR) is 74.2 cm³/mol. The van der Waals surface area contributed by atoms with Crippen LogP contribution in [0.2, 0.25) is 0 Å². The maximum absolute atomic E-state index is 12.1. The lowest BCUT2D eigenvalue weighted by atomic mass is 9.85. The standard InChI is InChI=1S/C15H25NO4.ClH/c1-10(2)15(19,11(3)17)14(18)20-9-12-6-8-16-7-4-5-13(12)16;/h6,10-11,13,17,19H,4-5,7-9H2,1-3H3;1H. The summed E-state index contributed by atoms with van der Waals surface area (Å²) in [5, 5.41) is 20.0.